The monoisotopic (exact) mass is 223 g/mol. The van der Waals surface area contributed by atoms with Gasteiger partial charge in [0.1, 0.15) is 0 Å². The number of hydrogen-bond donors (Lipinski definition) is 1. The van der Waals surface area contributed by atoms with Crippen molar-refractivity contribution in [2.24, 2.45) is 5.90 Å². The van der Waals surface area contributed by atoms with Crippen LogP contribution in [0.2, 0.25) is 0 Å². The van der Waals surface area contributed by atoms with Crippen molar-refractivity contribution >= 4 is 6.29 Å². The molecule has 0 spiro atoms. The molecule has 0 aliphatic carbocycles. The average Bonchev–Trinajstić information content (AvgIpc) is 2.55. The van der Waals surface area contributed by atoms with Crippen LogP contribution in [0.3, 0.4) is 0 Å². The van der Waals surface area contributed by atoms with E-state index in [4.69, 9.17) is 15.4 Å². The summed E-state index contributed by atoms with van der Waals surface area (Å²) in [6, 6.07) is 3.43. The molecule has 16 heavy (non-hydrogen) atoms. The standard InChI is InChI=1S/C11H13NO4/c12-16-7-9-3-2-8(6-13)10-11(9)15-5-1-4-14-10/h2-3,6H,1,4-5,7,12H2. The smallest absolute Gasteiger partial charge is 0.172 e. The van der Waals surface area contributed by atoms with Crippen molar-refractivity contribution < 1.29 is 19.1 Å². The second kappa shape index (κ2) is 4.96. The van der Waals surface area contributed by atoms with E-state index in [-0.39, 0.29) is 6.61 Å². The Morgan fingerprint density at radius 3 is 2.75 bits per heavy atom. The second-order valence-corrected chi connectivity index (χ2v) is 3.45. The van der Waals surface area contributed by atoms with Gasteiger partial charge in [-0.3, -0.25) is 9.63 Å². The zero-order valence-corrected chi connectivity index (χ0v) is 8.77. The lowest BCUT2D eigenvalue weighted by molar-refractivity contribution is 0.111. The van der Waals surface area contributed by atoms with E-state index < -0.39 is 0 Å². The van der Waals surface area contributed by atoms with E-state index in [0.29, 0.717) is 30.3 Å². The molecule has 0 amide bonds. The van der Waals surface area contributed by atoms with Crippen molar-refractivity contribution in [3.8, 4) is 11.5 Å². The molecule has 5 heteroatoms. The largest absolute Gasteiger partial charge is 0.489 e. The molecule has 1 aromatic carbocycles. The van der Waals surface area contributed by atoms with Gasteiger partial charge in [-0.1, -0.05) is 6.07 Å². The lowest BCUT2D eigenvalue weighted by atomic mass is 10.1. The van der Waals surface area contributed by atoms with E-state index in [1.54, 1.807) is 12.1 Å². The van der Waals surface area contributed by atoms with Crippen LogP contribution >= 0.6 is 0 Å². The van der Waals surface area contributed by atoms with Gasteiger partial charge in [-0.25, -0.2) is 5.90 Å². The first-order chi connectivity index (χ1) is 7.86. The Morgan fingerprint density at radius 1 is 1.31 bits per heavy atom. The number of carbonyl (C=O) groups excluding carboxylic acids is 1. The molecular weight excluding hydrogens is 210 g/mol. The van der Waals surface area contributed by atoms with E-state index in [0.717, 1.165) is 18.3 Å². The first-order valence-corrected chi connectivity index (χ1v) is 5.05. The first kappa shape index (κ1) is 10.9. The summed E-state index contributed by atoms with van der Waals surface area (Å²) in [6.07, 6.45) is 1.54. The molecule has 1 heterocycles. The summed E-state index contributed by atoms with van der Waals surface area (Å²) in [6.45, 7) is 1.33. The molecule has 2 rings (SSSR count). The van der Waals surface area contributed by atoms with Crippen LogP contribution in [0.25, 0.3) is 0 Å². The summed E-state index contributed by atoms with van der Waals surface area (Å²) >= 11 is 0. The fourth-order valence-electron chi connectivity index (χ4n) is 1.63. The molecule has 0 fully saturated rings. The van der Waals surface area contributed by atoms with E-state index in [1.807, 2.05) is 0 Å². The quantitative estimate of drug-likeness (QED) is 0.612. The highest BCUT2D eigenvalue weighted by molar-refractivity contribution is 5.81. The minimum atomic E-state index is 0.227. The third-order valence-electron chi connectivity index (χ3n) is 2.37. The van der Waals surface area contributed by atoms with Gasteiger partial charge in [-0.05, 0) is 6.07 Å². The number of ether oxygens (including phenoxy) is 2. The SMILES string of the molecule is NOCc1ccc(C=O)c2c1OCCCO2. The van der Waals surface area contributed by atoms with Gasteiger partial charge in [0.25, 0.3) is 0 Å². The molecule has 0 aromatic heterocycles. The van der Waals surface area contributed by atoms with Gasteiger partial charge in [-0.2, -0.15) is 0 Å². The molecule has 0 unspecified atom stereocenters. The normalized spacial score (nSPS) is 14.3. The highest BCUT2D eigenvalue weighted by Crippen LogP contribution is 2.36. The number of aldehydes is 1. The molecule has 86 valence electrons. The second-order valence-electron chi connectivity index (χ2n) is 3.45. The Kier molecular flexibility index (Phi) is 3.38. The Hall–Kier alpha value is -1.59. The van der Waals surface area contributed by atoms with Crippen LogP contribution in [0.5, 0.6) is 11.5 Å². The predicted octanol–water partition coefficient (Wildman–Crippen LogP) is 1.05. The molecule has 5 nitrogen and oxygen atoms in total. The minimum absolute atomic E-state index is 0.227. The molecule has 2 N–H and O–H groups in total. The van der Waals surface area contributed by atoms with Crippen LogP contribution in [0.1, 0.15) is 22.3 Å². The van der Waals surface area contributed by atoms with Gasteiger partial charge in [0.2, 0.25) is 0 Å². The number of carbonyl (C=O) groups is 1. The predicted molar refractivity (Wildman–Crippen MR) is 56.4 cm³/mol. The van der Waals surface area contributed by atoms with E-state index in [2.05, 4.69) is 4.84 Å². The zero-order valence-electron chi connectivity index (χ0n) is 8.77. The minimum Gasteiger partial charge on any atom is -0.489 e. The van der Waals surface area contributed by atoms with Gasteiger partial charge in [0, 0.05) is 12.0 Å². The van der Waals surface area contributed by atoms with E-state index >= 15 is 0 Å². The average molecular weight is 223 g/mol. The van der Waals surface area contributed by atoms with Crippen LogP contribution < -0.4 is 15.4 Å². The number of hydrogen-bond acceptors (Lipinski definition) is 5. The van der Waals surface area contributed by atoms with Crippen LogP contribution in [-0.2, 0) is 11.4 Å². The highest BCUT2D eigenvalue weighted by atomic mass is 16.6. The summed E-state index contributed by atoms with van der Waals surface area (Å²) in [7, 11) is 0. The lowest BCUT2D eigenvalue weighted by Crippen LogP contribution is -2.04. The topological polar surface area (TPSA) is 70.8 Å². The summed E-state index contributed by atoms with van der Waals surface area (Å²) in [5.74, 6) is 6.09. The maximum atomic E-state index is 10.9. The molecule has 0 bridgehead atoms. The Balaban J connectivity index is 2.47. The van der Waals surface area contributed by atoms with Crippen LogP contribution in [-0.4, -0.2) is 19.5 Å². The molecular formula is C11H13NO4. The van der Waals surface area contributed by atoms with E-state index in [9.17, 15) is 4.79 Å². The Bertz CT molecular complexity index is 392. The summed E-state index contributed by atoms with van der Waals surface area (Å²) < 4.78 is 11.1. The fourth-order valence-corrected chi connectivity index (χ4v) is 1.63. The molecule has 1 aliphatic heterocycles. The third kappa shape index (κ3) is 2.00. The van der Waals surface area contributed by atoms with Crippen molar-refractivity contribution in [3.63, 3.8) is 0 Å². The summed E-state index contributed by atoms with van der Waals surface area (Å²) in [5, 5.41) is 0. The molecule has 1 aromatic rings. The molecule has 0 atom stereocenters. The van der Waals surface area contributed by atoms with Crippen LogP contribution in [0.15, 0.2) is 12.1 Å². The number of rotatable bonds is 3. The molecule has 0 saturated carbocycles. The maximum absolute atomic E-state index is 10.9. The van der Waals surface area contributed by atoms with Gasteiger partial charge in [-0.15, -0.1) is 0 Å². The zero-order chi connectivity index (χ0) is 11.4. The van der Waals surface area contributed by atoms with Crippen LogP contribution in [0, 0.1) is 0 Å². The number of nitrogens with two attached hydrogens (primary N) is 1. The Morgan fingerprint density at radius 2 is 2.06 bits per heavy atom. The summed E-state index contributed by atoms with van der Waals surface area (Å²) in [4.78, 5) is 15.5. The van der Waals surface area contributed by atoms with Crippen LogP contribution in [0.4, 0.5) is 0 Å². The van der Waals surface area contributed by atoms with Crippen molar-refractivity contribution in [1.82, 2.24) is 0 Å². The number of benzene rings is 1. The highest BCUT2D eigenvalue weighted by Gasteiger charge is 2.18. The van der Waals surface area contributed by atoms with Crippen molar-refractivity contribution in [1.29, 1.82) is 0 Å². The van der Waals surface area contributed by atoms with Gasteiger partial charge in [0.15, 0.2) is 17.8 Å². The molecule has 0 saturated heterocycles. The Labute approximate surface area is 93.0 Å². The molecule has 0 radical (unpaired) electrons. The third-order valence-corrected chi connectivity index (χ3v) is 2.37. The maximum Gasteiger partial charge on any atom is 0.172 e. The van der Waals surface area contributed by atoms with Gasteiger partial charge < -0.3 is 9.47 Å². The van der Waals surface area contributed by atoms with Gasteiger partial charge >= 0.3 is 0 Å². The molecule has 1 aliphatic rings. The first-order valence-electron chi connectivity index (χ1n) is 5.05. The van der Waals surface area contributed by atoms with Gasteiger partial charge in [0.05, 0.1) is 25.4 Å². The fraction of sp³-hybridized carbons (Fsp3) is 0.364. The summed E-state index contributed by atoms with van der Waals surface area (Å²) in [5.41, 5.74) is 1.27. The van der Waals surface area contributed by atoms with Crippen molar-refractivity contribution in [2.75, 3.05) is 13.2 Å². The van der Waals surface area contributed by atoms with Crippen molar-refractivity contribution in [3.05, 3.63) is 23.3 Å². The van der Waals surface area contributed by atoms with E-state index in [1.165, 1.54) is 0 Å². The van der Waals surface area contributed by atoms with Crippen molar-refractivity contribution in [2.45, 2.75) is 13.0 Å². The number of fused-ring (bicyclic) bond motifs is 1. The lowest BCUT2D eigenvalue weighted by Gasteiger charge is -2.13.